The number of hydrogen-bond donors (Lipinski definition) is 0. The molecular formula is C15H19N7O2S. The van der Waals surface area contributed by atoms with Gasteiger partial charge in [0, 0.05) is 34.1 Å². The predicted octanol–water partition coefficient (Wildman–Crippen LogP) is 0.462. The molecule has 0 aliphatic heterocycles. The molecule has 0 radical (unpaired) electrons. The summed E-state index contributed by atoms with van der Waals surface area (Å²) in [7, 11) is 4.80. The Bertz CT molecular complexity index is 1090. The summed E-state index contributed by atoms with van der Waals surface area (Å²) in [5.41, 5.74) is -0.0572. The average Bonchev–Trinajstić information content (AvgIpc) is 3.13. The van der Waals surface area contributed by atoms with Crippen molar-refractivity contribution in [3.63, 3.8) is 0 Å². The molecule has 3 rings (SSSR count). The van der Waals surface area contributed by atoms with Crippen LogP contribution >= 0.6 is 11.8 Å². The lowest BCUT2D eigenvalue weighted by Gasteiger charge is -2.06. The number of fused-ring (bicyclic) bond motifs is 1. The Morgan fingerprint density at radius 1 is 1.08 bits per heavy atom. The Hall–Kier alpha value is -2.62. The predicted molar refractivity (Wildman–Crippen MR) is 94.9 cm³/mol. The van der Waals surface area contributed by atoms with Gasteiger partial charge in [0.05, 0.1) is 0 Å². The van der Waals surface area contributed by atoms with E-state index in [2.05, 4.69) is 21.8 Å². The summed E-state index contributed by atoms with van der Waals surface area (Å²) in [5, 5.41) is 9.63. The van der Waals surface area contributed by atoms with Crippen LogP contribution in [0.2, 0.25) is 0 Å². The summed E-state index contributed by atoms with van der Waals surface area (Å²) in [5.74, 6) is 0.851. The fourth-order valence-corrected chi connectivity index (χ4v) is 3.54. The van der Waals surface area contributed by atoms with Crippen molar-refractivity contribution in [3.8, 4) is 0 Å². The van der Waals surface area contributed by atoms with Gasteiger partial charge in [0.15, 0.2) is 21.5 Å². The standard InChI is InChI=1S/C15H19N7O2S/c1-6-8-22-9(7-2)17-18-14(22)25-13-16-11-10(19(13)3)12(23)21(5)15(24)20(11)4/h6H,1,7-8H2,2-5H3. The third-order valence-corrected chi connectivity index (χ3v) is 5.07. The molecule has 0 aromatic carbocycles. The zero-order chi connectivity index (χ0) is 18.3. The van der Waals surface area contributed by atoms with Crippen LogP contribution in [0.3, 0.4) is 0 Å². The van der Waals surface area contributed by atoms with E-state index in [4.69, 9.17) is 0 Å². The SMILES string of the molecule is C=CCn1c(CC)nnc1Sc1nc2c(c(=O)n(C)c(=O)n2C)n1C. The van der Waals surface area contributed by atoms with Crippen molar-refractivity contribution in [1.82, 2.24) is 33.4 Å². The highest BCUT2D eigenvalue weighted by Gasteiger charge is 2.20. The van der Waals surface area contributed by atoms with Gasteiger partial charge in [-0.15, -0.1) is 16.8 Å². The molecule has 9 nitrogen and oxygen atoms in total. The van der Waals surface area contributed by atoms with Crippen molar-refractivity contribution < 1.29 is 0 Å². The molecule has 3 aromatic rings. The number of aromatic nitrogens is 7. The van der Waals surface area contributed by atoms with Crippen LogP contribution in [0.15, 0.2) is 32.6 Å². The van der Waals surface area contributed by atoms with Gasteiger partial charge in [0.25, 0.3) is 5.56 Å². The first-order chi connectivity index (χ1) is 11.9. The van der Waals surface area contributed by atoms with E-state index in [0.717, 1.165) is 16.8 Å². The second-order valence-electron chi connectivity index (χ2n) is 5.59. The molecule has 3 aromatic heterocycles. The molecular weight excluding hydrogens is 342 g/mol. The van der Waals surface area contributed by atoms with E-state index < -0.39 is 5.69 Å². The maximum absolute atomic E-state index is 12.4. The van der Waals surface area contributed by atoms with Crippen LogP contribution in [0.25, 0.3) is 11.2 Å². The Labute approximate surface area is 147 Å². The Morgan fingerprint density at radius 3 is 2.44 bits per heavy atom. The van der Waals surface area contributed by atoms with Crippen LogP contribution in [0, 0.1) is 0 Å². The van der Waals surface area contributed by atoms with Gasteiger partial charge < -0.3 is 9.13 Å². The number of imidazole rings is 1. The molecule has 0 amide bonds. The normalized spacial score (nSPS) is 11.4. The van der Waals surface area contributed by atoms with Crippen LogP contribution in [0.4, 0.5) is 0 Å². The van der Waals surface area contributed by atoms with Gasteiger partial charge in [0.2, 0.25) is 0 Å². The minimum atomic E-state index is -0.407. The number of hydrogen-bond acceptors (Lipinski definition) is 6. The van der Waals surface area contributed by atoms with E-state index in [9.17, 15) is 9.59 Å². The quantitative estimate of drug-likeness (QED) is 0.613. The largest absolute Gasteiger partial charge is 0.332 e. The second-order valence-corrected chi connectivity index (χ2v) is 6.52. The van der Waals surface area contributed by atoms with Crippen molar-refractivity contribution in [2.24, 2.45) is 21.1 Å². The molecule has 0 unspecified atom stereocenters. The highest BCUT2D eigenvalue weighted by atomic mass is 32.2. The number of aryl methyl sites for hydroxylation is 3. The molecule has 0 aliphatic carbocycles. The van der Waals surface area contributed by atoms with Crippen LogP contribution < -0.4 is 11.2 Å². The molecule has 0 fully saturated rings. The monoisotopic (exact) mass is 361 g/mol. The first kappa shape index (κ1) is 17.2. The van der Waals surface area contributed by atoms with Crippen molar-refractivity contribution in [1.29, 1.82) is 0 Å². The van der Waals surface area contributed by atoms with Crippen LogP contribution in [0.5, 0.6) is 0 Å². The lowest BCUT2D eigenvalue weighted by molar-refractivity contribution is 0.681. The lowest BCUT2D eigenvalue weighted by atomic mass is 10.4. The van der Waals surface area contributed by atoms with Crippen LogP contribution in [-0.4, -0.2) is 33.4 Å². The fraction of sp³-hybridized carbons (Fsp3) is 0.400. The highest BCUT2D eigenvalue weighted by Crippen LogP contribution is 2.27. The molecule has 0 aliphatic rings. The van der Waals surface area contributed by atoms with Crippen molar-refractivity contribution in [2.45, 2.75) is 30.2 Å². The highest BCUT2D eigenvalue weighted by molar-refractivity contribution is 7.99. The minimum absolute atomic E-state index is 0.351. The zero-order valence-electron chi connectivity index (χ0n) is 14.6. The topological polar surface area (TPSA) is 92.5 Å². The van der Waals surface area contributed by atoms with E-state index in [1.54, 1.807) is 24.7 Å². The molecule has 132 valence electrons. The van der Waals surface area contributed by atoms with Crippen LogP contribution in [0.1, 0.15) is 12.7 Å². The van der Waals surface area contributed by atoms with Gasteiger partial charge in [-0.25, -0.2) is 9.78 Å². The Morgan fingerprint density at radius 2 is 1.80 bits per heavy atom. The summed E-state index contributed by atoms with van der Waals surface area (Å²) < 4.78 is 6.08. The summed E-state index contributed by atoms with van der Waals surface area (Å²) in [4.78, 5) is 29.0. The third kappa shape index (κ3) is 2.62. The maximum Gasteiger partial charge on any atom is 0.332 e. The van der Waals surface area contributed by atoms with Gasteiger partial charge in [-0.1, -0.05) is 13.0 Å². The van der Waals surface area contributed by atoms with E-state index in [0.29, 0.717) is 28.0 Å². The number of nitrogens with zero attached hydrogens (tertiary/aromatic N) is 7. The summed E-state index contributed by atoms with van der Waals surface area (Å²) in [6.45, 7) is 6.36. The van der Waals surface area contributed by atoms with E-state index in [1.807, 2.05) is 11.5 Å². The zero-order valence-corrected chi connectivity index (χ0v) is 15.4. The van der Waals surface area contributed by atoms with Crippen LogP contribution in [-0.2, 0) is 34.1 Å². The number of rotatable bonds is 5. The maximum atomic E-state index is 12.4. The summed E-state index contributed by atoms with van der Waals surface area (Å²) in [6.07, 6.45) is 2.53. The van der Waals surface area contributed by atoms with E-state index >= 15 is 0 Å². The Balaban J connectivity index is 2.17. The molecule has 0 N–H and O–H groups in total. The second kappa shape index (κ2) is 6.36. The smallest absolute Gasteiger partial charge is 0.316 e. The molecule has 3 heterocycles. The average molecular weight is 361 g/mol. The summed E-state index contributed by atoms with van der Waals surface area (Å²) in [6, 6.07) is 0. The third-order valence-electron chi connectivity index (χ3n) is 4.04. The van der Waals surface area contributed by atoms with Crippen molar-refractivity contribution in [3.05, 3.63) is 39.3 Å². The van der Waals surface area contributed by atoms with Crippen molar-refractivity contribution >= 4 is 22.9 Å². The molecule has 0 atom stereocenters. The fourth-order valence-electron chi connectivity index (χ4n) is 2.64. The number of allylic oxidation sites excluding steroid dienone is 1. The molecule has 0 saturated heterocycles. The molecule has 0 bridgehead atoms. The molecule has 10 heteroatoms. The molecule has 0 saturated carbocycles. The minimum Gasteiger partial charge on any atom is -0.316 e. The van der Waals surface area contributed by atoms with Gasteiger partial charge in [-0.05, 0) is 11.8 Å². The van der Waals surface area contributed by atoms with Gasteiger partial charge in [-0.2, -0.15) is 0 Å². The molecule has 25 heavy (non-hydrogen) atoms. The van der Waals surface area contributed by atoms with Crippen molar-refractivity contribution in [2.75, 3.05) is 0 Å². The first-order valence-electron chi connectivity index (χ1n) is 7.73. The lowest BCUT2D eigenvalue weighted by Crippen LogP contribution is -2.37. The first-order valence-corrected chi connectivity index (χ1v) is 8.55. The molecule has 0 spiro atoms. The van der Waals surface area contributed by atoms with E-state index in [-0.39, 0.29) is 5.56 Å². The summed E-state index contributed by atoms with van der Waals surface area (Å²) >= 11 is 1.30. The van der Waals surface area contributed by atoms with E-state index in [1.165, 1.54) is 23.4 Å². The Kier molecular flexibility index (Phi) is 4.38. The van der Waals surface area contributed by atoms with Gasteiger partial charge in [0.1, 0.15) is 5.82 Å². The van der Waals surface area contributed by atoms with Gasteiger partial charge in [-0.3, -0.25) is 13.9 Å². The van der Waals surface area contributed by atoms with Gasteiger partial charge >= 0.3 is 5.69 Å².